The second-order valence-corrected chi connectivity index (χ2v) is 4.85. The topological polar surface area (TPSA) is 115 Å². The zero-order valence-electron chi connectivity index (χ0n) is 12.9. The van der Waals surface area contributed by atoms with E-state index in [1.54, 1.807) is 27.8 Å². The number of aryl methyl sites for hydroxylation is 3. The standard InChI is InChI=1S/C13H16N6O3/c1-6-9(12(21)18(4)7(2)14-6)16-17-10-11(20)15-8(3)19(5)13(10)22/h20H,1-5H3. The summed E-state index contributed by atoms with van der Waals surface area (Å²) >= 11 is 0. The van der Waals surface area contributed by atoms with Gasteiger partial charge in [0.25, 0.3) is 11.1 Å². The summed E-state index contributed by atoms with van der Waals surface area (Å²) in [5.74, 6) is 0.349. The maximum atomic E-state index is 12.1. The minimum absolute atomic E-state index is 0.00938. The van der Waals surface area contributed by atoms with Crippen LogP contribution in [0.1, 0.15) is 17.3 Å². The lowest BCUT2D eigenvalue weighted by atomic mass is 10.3. The molecule has 9 nitrogen and oxygen atoms in total. The first-order chi connectivity index (χ1) is 10.2. The van der Waals surface area contributed by atoms with Gasteiger partial charge >= 0.3 is 0 Å². The Morgan fingerprint density at radius 2 is 1.32 bits per heavy atom. The molecular formula is C13H16N6O3. The molecule has 9 heteroatoms. The number of nitrogens with zero attached hydrogens (tertiary/aromatic N) is 6. The molecular weight excluding hydrogens is 288 g/mol. The van der Waals surface area contributed by atoms with Crippen LogP contribution in [0.25, 0.3) is 0 Å². The Labute approximate surface area is 125 Å². The minimum Gasteiger partial charge on any atom is -0.492 e. The maximum Gasteiger partial charge on any atom is 0.285 e. The lowest BCUT2D eigenvalue weighted by Crippen LogP contribution is -2.21. The molecule has 1 N–H and O–H groups in total. The van der Waals surface area contributed by atoms with E-state index in [2.05, 4.69) is 20.2 Å². The van der Waals surface area contributed by atoms with Crippen molar-refractivity contribution < 1.29 is 5.11 Å². The molecule has 2 heterocycles. The van der Waals surface area contributed by atoms with Crippen LogP contribution in [0.5, 0.6) is 5.88 Å². The van der Waals surface area contributed by atoms with E-state index in [0.717, 1.165) is 0 Å². The number of hydrogen-bond acceptors (Lipinski definition) is 7. The molecule has 0 saturated carbocycles. The number of rotatable bonds is 2. The molecule has 2 rings (SSSR count). The third-order valence-electron chi connectivity index (χ3n) is 3.39. The highest BCUT2D eigenvalue weighted by Gasteiger charge is 2.13. The van der Waals surface area contributed by atoms with E-state index in [1.807, 2.05) is 0 Å². The van der Waals surface area contributed by atoms with Gasteiger partial charge in [-0.05, 0) is 20.8 Å². The normalized spacial score (nSPS) is 11.3. The fraction of sp³-hybridized carbons (Fsp3) is 0.385. The van der Waals surface area contributed by atoms with Gasteiger partial charge < -0.3 is 5.11 Å². The highest BCUT2D eigenvalue weighted by molar-refractivity contribution is 5.45. The molecule has 0 aliphatic carbocycles. The van der Waals surface area contributed by atoms with E-state index < -0.39 is 11.4 Å². The fourth-order valence-electron chi connectivity index (χ4n) is 1.82. The van der Waals surface area contributed by atoms with Crippen molar-refractivity contribution in [3.8, 4) is 5.88 Å². The maximum absolute atomic E-state index is 12.1. The van der Waals surface area contributed by atoms with Gasteiger partial charge in [0.05, 0.1) is 5.69 Å². The molecule has 0 aromatic carbocycles. The predicted molar refractivity (Wildman–Crippen MR) is 79.0 cm³/mol. The van der Waals surface area contributed by atoms with E-state index in [-0.39, 0.29) is 16.9 Å². The second kappa shape index (κ2) is 5.51. The molecule has 0 saturated heterocycles. The van der Waals surface area contributed by atoms with Gasteiger partial charge in [-0.1, -0.05) is 0 Å². The Morgan fingerprint density at radius 1 is 0.864 bits per heavy atom. The summed E-state index contributed by atoms with van der Waals surface area (Å²) in [6.45, 7) is 4.89. The first-order valence-electron chi connectivity index (χ1n) is 6.46. The van der Waals surface area contributed by atoms with Crippen LogP contribution in [-0.4, -0.2) is 24.2 Å². The number of hydrogen-bond donors (Lipinski definition) is 1. The lowest BCUT2D eigenvalue weighted by Gasteiger charge is -2.06. The van der Waals surface area contributed by atoms with Crippen LogP contribution in [0.3, 0.4) is 0 Å². The van der Waals surface area contributed by atoms with Gasteiger partial charge in [-0.2, -0.15) is 4.98 Å². The van der Waals surface area contributed by atoms with Gasteiger partial charge in [-0.25, -0.2) is 4.98 Å². The molecule has 0 spiro atoms. The Kier molecular flexibility index (Phi) is 3.89. The van der Waals surface area contributed by atoms with Gasteiger partial charge in [-0.15, -0.1) is 10.2 Å². The van der Waals surface area contributed by atoms with Crippen LogP contribution in [0.2, 0.25) is 0 Å². The summed E-state index contributed by atoms with van der Waals surface area (Å²) in [5, 5.41) is 17.2. The van der Waals surface area contributed by atoms with Crippen molar-refractivity contribution in [1.29, 1.82) is 0 Å². The van der Waals surface area contributed by atoms with Crippen molar-refractivity contribution in [1.82, 2.24) is 19.1 Å². The van der Waals surface area contributed by atoms with Crippen LogP contribution < -0.4 is 11.1 Å². The van der Waals surface area contributed by atoms with Gasteiger partial charge in [-0.3, -0.25) is 18.7 Å². The van der Waals surface area contributed by atoms with Crippen LogP contribution in [-0.2, 0) is 14.1 Å². The van der Waals surface area contributed by atoms with Crippen molar-refractivity contribution in [2.45, 2.75) is 20.8 Å². The first-order valence-corrected chi connectivity index (χ1v) is 6.46. The van der Waals surface area contributed by atoms with Gasteiger partial charge in [0, 0.05) is 14.1 Å². The summed E-state index contributed by atoms with van der Waals surface area (Å²) in [6, 6.07) is 0. The van der Waals surface area contributed by atoms with Gasteiger partial charge in [0.1, 0.15) is 11.6 Å². The monoisotopic (exact) mass is 304 g/mol. The number of azo groups is 1. The minimum atomic E-state index is -0.553. The summed E-state index contributed by atoms with van der Waals surface area (Å²) in [4.78, 5) is 32.1. The molecule has 0 radical (unpaired) electrons. The first kappa shape index (κ1) is 15.5. The Bertz CT molecular complexity index is 821. The van der Waals surface area contributed by atoms with Crippen molar-refractivity contribution in [2.75, 3.05) is 0 Å². The van der Waals surface area contributed by atoms with E-state index in [4.69, 9.17) is 0 Å². The van der Waals surface area contributed by atoms with Crippen molar-refractivity contribution >= 4 is 11.4 Å². The van der Waals surface area contributed by atoms with Crippen LogP contribution in [0, 0.1) is 20.8 Å². The largest absolute Gasteiger partial charge is 0.492 e. The average Bonchev–Trinajstić information content (AvgIpc) is 2.45. The smallest absolute Gasteiger partial charge is 0.285 e. The SMILES string of the molecule is Cc1nc(C)n(C)c(=O)c1N=Nc1c(O)nc(C)n(C)c1=O. The quantitative estimate of drug-likeness (QED) is 0.828. The number of aromatic hydroxyl groups is 1. The molecule has 0 aliphatic heterocycles. The third-order valence-corrected chi connectivity index (χ3v) is 3.39. The zero-order valence-corrected chi connectivity index (χ0v) is 12.9. The molecule has 0 fully saturated rings. The fourth-order valence-corrected chi connectivity index (χ4v) is 1.82. The molecule has 0 unspecified atom stereocenters. The summed E-state index contributed by atoms with van der Waals surface area (Å²) in [6.07, 6.45) is 0. The van der Waals surface area contributed by atoms with E-state index in [1.165, 1.54) is 16.2 Å². The average molecular weight is 304 g/mol. The van der Waals surface area contributed by atoms with Crippen LogP contribution in [0.15, 0.2) is 19.8 Å². The highest BCUT2D eigenvalue weighted by Crippen LogP contribution is 2.21. The molecule has 2 aromatic rings. The van der Waals surface area contributed by atoms with Crippen molar-refractivity contribution in [3.05, 3.63) is 38.1 Å². The second-order valence-electron chi connectivity index (χ2n) is 4.85. The van der Waals surface area contributed by atoms with Crippen molar-refractivity contribution in [2.24, 2.45) is 24.3 Å². The lowest BCUT2D eigenvalue weighted by molar-refractivity contribution is 0.446. The molecule has 22 heavy (non-hydrogen) atoms. The van der Waals surface area contributed by atoms with E-state index >= 15 is 0 Å². The number of aromatic nitrogens is 4. The van der Waals surface area contributed by atoms with E-state index in [9.17, 15) is 14.7 Å². The van der Waals surface area contributed by atoms with Crippen LogP contribution in [0.4, 0.5) is 11.4 Å². The Morgan fingerprint density at radius 3 is 1.91 bits per heavy atom. The molecule has 0 aliphatic rings. The van der Waals surface area contributed by atoms with Crippen molar-refractivity contribution in [3.63, 3.8) is 0 Å². The molecule has 0 bridgehead atoms. The van der Waals surface area contributed by atoms with E-state index in [0.29, 0.717) is 17.3 Å². The molecule has 0 atom stereocenters. The van der Waals surface area contributed by atoms with Gasteiger partial charge in [0.2, 0.25) is 11.6 Å². The van der Waals surface area contributed by atoms with Crippen LogP contribution >= 0.6 is 0 Å². The Balaban J connectivity index is 2.61. The summed E-state index contributed by atoms with van der Waals surface area (Å²) < 4.78 is 2.55. The molecule has 116 valence electrons. The predicted octanol–water partition coefficient (Wildman–Crippen LogP) is 0.920. The van der Waals surface area contributed by atoms with Gasteiger partial charge in [0.15, 0.2) is 5.69 Å². The molecule has 2 aromatic heterocycles. The molecule has 0 amide bonds. The summed E-state index contributed by atoms with van der Waals surface area (Å²) in [5.41, 5.74) is -0.862. The third kappa shape index (κ3) is 2.52. The zero-order chi connectivity index (χ0) is 16.6. The highest BCUT2D eigenvalue weighted by atomic mass is 16.3. The summed E-state index contributed by atoms with van der Waals surface area (Å²) in [7, 11) is 3.06. The Hall–Kier alpha value is -2.84.